The SMILES string of the molecule is CCc1ccc(OCC(=O)Nc2ccccc2N2CCCCC2)cc1. The van der Waals surface area contributed by atoms with Gasteiger partial charge in [-0.3, -0.25) is 4.79 Å². The number of piperidine rings is 1. The van der Waals surface area contributed by atoms with Gasteiger partial charge in [-0.2, -0.15) is 0 Å². The lowest BCUT2D eigenvalue weighted by molar-refractivity contribution is -0.118. The van der Waals surface area contributed by atoms with Crippen molar-refractivity contribution in [1.29, 1.82) is 0 Å². The first-order valence-electron chi connectivity index (χ1n) is 9.12. The molecule has 1 N–H and O–H groups in total. The smallest absolute Gasteiger partial charge is 0.262 e. The largest absolute Gasteiger partial charge is 0.484 e. The summed E-state index contributed by atoms with van der Waals surface area (Å²) < 4.78 is 5.60. The number of hydrogen-bond acceptors (Lipinski definition) is 3. The Kier molecular flexibility index (Phi) is 5.94. The molecule has 1 heterocycles. The highest BCUT2D eigenvalue weighted by Gasteiger charge is 2.15. The average molecular weight is 338 g/mol. The Bertz CT molecular complexity index is 691. The molecule has 0 atom stereocenters. The second kappa shape index (κ2) is 8.56. The van der Waals surface area contributed by atoms with Crippen molar-refractivity contribution in [1.82, 2.24) is 0 Å². The highest BCUT2D eigenvalue weighted by Crippen LogP contribution is 2.28. The number of amides is 1. The molecule has 1 aliphatic heterocycles. The first kappa shape index (κ1) is 17.3. The number of para-hydroxylation sites is 2. The van der Waals surface area contributed by atoms with Gasteiger partial charge in [-0.25, -0.2) is 0 Å². The van der Waals surface area contributed by atoms with Crippen molar-refractivity contribution < 1.29 is 9.53 Å². The highest BCUT2D eigenvalue weighted by molar-refractivity contribution is 5.95. The van der Waals surface area contributed by atoms with E-state index in [1.807, 2.05) is 42.5 Å². The zero-order valence-corrected chi connectivity index (χ0v) is 14.8. The maximum absolute atomic E-state index is 12.3. The van der Waals surface area contributed by atoms with Crippen molar-refractivity contribution in [3.8, 4) is 5.75 Å². The van der Waals surface area contributed by atoms with Gasteiger partial charge >= 0.3 is 0 Å². The molecular formula is C21H26N2O2. The van der Waals surface area contributed by atoms with E-state index in [0.29, 0.717) is 0 Å². The van der Waals surface area contributed by atoms with Gasteiger partial charge in [0.2, 0.25) is 0 Å². The summed E-state index contributed by atoms with van der Waals surface area (Å²) in [7, 11) is 0. The Balaban J connectivity index is 1.58. The molecule has 0 bridgehead atoms. The number of carbonyl (C=O) groups excluding carboxylic acids is 1. The molecule has 4 heteroatoms. The van der Waals surface area contributed by atoms with Gasteiger partial charge in [0.15, 0.2) is 6.61 Å². The third-order valence-corrected chi connectivity index (χ3v) is 4.58. The molecule has 1 amide bonds. The van der Waals surface area contributed by atoms with Gasteiger partial charge in [-0.15, -0.1) is 0 Å². The quantitative estimate of drug-likeness (QED) is 0.856. The molecule has 0 spiro atoms. The Morgan fingerprint density at radius 3 is 2.48 bits per heavy atom. The van der Waals surface area contributed by atoms with Crippen LogP contribution in [0.2, 0.25) is 0 Å². The monoisotopic (exact) mass is 338 g/mol. The van der Waals surface area contributed by atoms with Gasteiger partial charge in [0.1, 0.15) is 5.75 Å². The topological polar surface area (TPSA) is 41.6 Å². The van der Waals surface area contributed by atoms with Crippen LogP contribution in [0, 0.1) is 0 Å². The number of benzene rings is 2. The molecule has 0 saturated carbocycles. The van der Waals surface area contributed by atoms with E-state index in [2.05, 4.69) is 23.2 Å². The zero-order valence-electron chi connectivity index (χ0n) is 14.8. The molecule has 1 fully saturated rings. The van der Waals surface area contributed by atoms with Gasteiger partial charge in [-0.1, -0.05) is 31.2 Å². The summed E-state index contributed by atoms with van der Waals surface area (Å²) in [5.74, 6) is 0.584. The lowest BCUT2D eigenvalue weighted by atomic mass is 10.1. The van der Waals surface area contributed by atoms with Crippen LogP contribution >= 0.6 is 0 Å². The maximum Gasteiger partial charge on any atom is 0.262 e. The number of nitrogens with zero attached hydrogens (tertiary/aromatic N) is 1. The van der Waals surface area contributed by atoms with Gasteiger partial charge < -0.3 is 15.0 Å². The Hall–Kier alpha value is -2.49. The molecule has 2 aromatic carbocycles. The van der Waals surface area contributed by atoms with Crippen molar-refractivity contribution in [2.75, 3.05) is 29.9 Å². The fourth-order valence-electron chi connectivity index (χ4n) is 3.15. The molecule has 25 heavy (non-hydrogen) atoms. The van der Waals surface area contributed by atoms with Crippen molar-refractivity contribution >= 4 is 17.3 Å². The van der Waals surface area contributed by atoms with Crippen LogP contribution in [0.5, 0.6) is 5.75 Å². The number of aryl methyl sites for hydroxylation is 1. The van der Waals surface area contributed by atoms with Gasteiger partial charge in [-0.05, 0) is 55.5 Å². The fourth-order valence-corrected chi connectivity index (χ4v) is 3.15. The third kappa shape index (κ3) is 4.75. The molecule has 3 rings (SSSR count). The molecule has 2 aromatic rings. The molecule has 0 aromatic heterocycles. The zero-order chi connectivity index (χ0) is 17.5. The summed E-state index contributed by atoms with van der Waals surface area (Å²) in [6.07, 6.45) is 4.70. The van der Waals surface area contributed by atoms with Crippen molar-refractivity contribution in [2.24, 2.45) is 0 Å². The lowest BCUT2D eigenvalue weighted by Crippen LogP contribution is -2.30. The predicted octanol–water partition coefficient (Wildman–Crippen LogP) is 4.26. The second-order valence-corrected chi connectivity index (χ2v) is 6.40. The fraction of sp³-hybridized carbons (Fsp3) is 0.381. The molecular weight excluding hydrogens is 312 g/mol. The number of hydrogen-bond donors (Lipinski definition) is 1. The minimum absolute atomic E-state index is 0.0137. The number of nitrogens with one attached hydrogen (secondary N) is 1. The van der Waals surface area contributed by atoms with Crippen LogP contribution in [0.3, 0.4) is 0 Å². The number of rotatable bonds is 6. The van der Waals surface area contributed by atoms with Crippen molar-refractivity contribution in [3.05, 3.63) is 54.1 Å². The van der Waals surface area contributed by atoms with E-state index in [0.717, 1.165) is 36.6 Å². The number of carbonyl (C=O) groups is 1. The standard InChI is InChI=1S/C21H26N2O2/c1-2-17-10-12-18(13-11-17)25-16-21(24)22-19-8-4-5-9-20(19)23-14-6-3-7-15-23/h4-5,8-13H,2-3,6-7,14-16H2,1H3,(H,22,24). The van der Waals surface area contributed by atoms with Crippen LogP contribution < -0.4 is 15.0 Å². The van der Waals surface area contributed by atoms with Crippen LogP contribution in [-0.2, 0) is 11.2 Å². The van der Waals surface area contributed by atoms with Crippen LogP contribution in [0.15, 0.2) is 48.5 Å². The normalized spacial score (nSPS) is 14.2. The van der Waals surface area contributed by atoms with E-state index < -0.39 is 0 Å². The van der Waals surface area contributed by atoms with Crippen molar-refractivity contribution in [2.45, 2.75) is 32.6 Å². The molecule has 0 radical (unpaired) electrons. The molecule has 1 saturated heterocycles. The van der Waals surface area contributed by atoms with E-state index in [9.17, 15) is 4.79 Å². The first-order valence-corrected chi connectivity index (χ1v) is 9.12. The second-order valence-electron chi connectivity index (χ2n) is 6.40. The lowest BCUT2D eigenvalue weighted by Gasteiger charge is -2.30. The summed E-state index contributed by atoms with van der Waals surface area (Å²) in [4.78, 5) is 14.6. The van der Waals surface area contributed by atoms with E-state index in [4.69, 9.17) is 4.74 Å². The summed E-state index contributed by atoms with van der Waals surface area (Å²) in [6, 6.07) is 15.9. The Morgan fingerprint density at radius 2 is 1.76 bits per heavy atom. The molecule has 1 aliphatic rings. The summed E-state index contributed by atoms with van der Waals surface area (Å²) in [5, 5.41) is 3.00. The Labute approximate surface area is 149 Å². The molecule has 0 unspecified atom stereocenters. The number of ether oxygens (including phenoxy) is 1. The summed E-state index contributed by atoms with van der Waals surface area (Å²) in [6.45, 7) is 4.23. The number of anilines is 2. The predicted molar refractivity (Wildman–Crippen MR) is 102 cm³/mol. The third-order valence-electron chi connectivity index (χ3n) is 4.58. The van der Waals surface area contributed by atoms with E-state index >= 15 is 0 Å². The molecule has 0 aliphatic carbocycles. The Morgan fingerprint density at radius 1 is 1.04 bits per heavy atom. The minimum Gasteiger partial charge on any atom is -0.484 e. The van der Waals surface area contributed by atoms with Gasteiger partial charge in [0.25, 0.3) is 5.91 Å². The minimum atomic E-state index is -0.135. The van der Waals surface area contributed by atoms with Crippen LogP contribution in [0.25, 0.3) is 0 Å². The van der Waals surface area contributed by atoms with E-state index in [1.54, 1.807) is 0 Å². The van der Waals surface area contributed by atoms with E-state index in [1.165, 1.54) is 24.8 Å². The summed E-state index contributed by atoms with van der Waals surface area (Å²) in [5.41, 5.74) is 3.22. The first-order chi connectivity index (χ1) is 12.3. The van der Waals surface area contributed by atoms with Crippen LogP contribution in [0.1, 0.15) is 31.7 Å². The van der Waals surface area contributed by atoms with E-state index in [-0.39, 0.29) is 12.5 Å². The van der Waals surface area contributed by atoms with Crippen LogP contribution in [0.4, 0.5) is 11.4 Å². The average Bonchev–Trinajstić information content (AvgIpc) is 2.68. The maximum atomic E-state index is 12.3. The molecule has 4 nitrogen and oxygen atoms in total. The van der Waals surface area contributed by atoms with Gasteiger partial charge in [0, 0.05) is 13.1 Å². The van der Waals surface area contributed by atoms with Crippen LogP contribution in [-0.4, -0.2) is 25.6 Å². The van der Waals surface area contributed by atoms with Gasteiger partial charge in [0.05, 0.1) is 11.4 Å². The highest BCUT2D eigenvalue weighted by atomic mass is 16.5. The molecule has 132 valence electrons. The summed E-state index contributed by atoms with van der Waals surface area (Å²) >= 11 is 0. The van der Waals surface area contributed by atoms with Crippen molar-refractivity contribution in [3.63, 3.8) is 0 Å².